The van der Waals surface area contributed by atoms with Crippen LogP contribution in [0.4, 0.5) is 5.82 Å². The van der Waals surface area contributed by atoms with Gasteiger partial charge in [-0.25, -0.2) is 9.97 Å². The average molecular weight is 288 g/mol. The standard InChI is InChI=1S/C11H18BrN3O/c1-8-14-9(12)6-10(15-8)13-7-11(2,3)4-5-16/h6,16H,4-5,7H2,1-3H3,(H,13,14,15). The molecule has 90 valence electrons. The Kier molecular flexibility index (Phi) is 4.68. The van der Waals surface area contributed by atoms with Crippen molar-refractivity contribution >= 4 is 21.7 Å². The van der Waals surface area contributed by atoms with Crippen LogP contribution in [0.2, 0.25) is 0 Å². The number of hydrogen-bond donors (Lipinski definition) is 2. The summed E-state index contributed by atoms with van der Waals surface area (Å²) in [6, 6.07) is 1.85. The summed E-state index contributed by atoms with van der Waals surface area (Å²) in [6.45, 7) is 7.06. The molecular weight excluding hydrogens is 270 g/mol. The normalized spacial score (nSPS) is 11.6. The second-order valence-corrected chi connectivity index (χ2v) is 5.43. The smallest absolute Gasteiger partial charge is 0.130 e. The van der Waals surface area contributed by atoms with Gasteiger partial charge in [0.25, 0.3) is 0 Å². The summed E-state index contributed by atoms with van der Waals surface area (Å²) < 4.78 is 0.780. The van der Waals surface area contributed by atoms with Crippen LogP contribution in [-0.2, 0) is 0 Å². The first kappa shape index (κ1) is 13.4. The maximum Gasteiger partial charge on any atom is 0.130 e. The molecule has 1 rings (SSSR count). The Morgan fingerprint density at radius 1 is 1.44 bits per heavy atom. The summed E-state index contributed by atoms with van der Waals surface area (Å²) in [5, 5.41) is 12.2. The summed E-state index contributed by atoms with van der Waals surface area (Å²) in [7, 11) is 0. The van der Waals surface area contributed by atoms with Crippen molar-refractivity contribution in [2.75, 3.05) is 18.5 Å². The molecule has 0 saturated carbocycles. The highest BCUT2D eigenvalue weighted by Crippen LogP contribution is 2.21. The molecule has 0 aliphatic rings. The number of aryl methyl sites for hydroxylation is 1. The molecule has 16 heavy (non-hydrogen) atoms. The lowest BCUT2D eigenvalue weighted by atomic mass is 9.90. The van der Waals surface area contributed by atoms with Crippen molar-refractivity contribution in [2.24, 2.45) is 5.41 Å². The highest BCUT2D eigenvalue weighted by atomic mass is 79.9. The van der Waals surface area contributed by atoms with Gasteiger partial charge in [0.05, 0.1) is 0 Å². The molecule has 4 nitrogen and oxygen atoms in total. The monoisotopic (exact) mass is 287 g/mol. The predicted molar refractivity (Wildman–Crippen MR) is 68.4 cm³/mol. The Morgan fingerprint density at radius 2 is 2.12 bits per heavy atom. The van der Waals surface area contributed by atoms with Crippen LogP contribution in [0.3, 0.4) is 0 Å². The lowest BCUT2D eigenvalue weighted by molar-refractivity contribution is 0.220. The van der Waals surface area contributed by atoms with E-state index >= 15 is 0 Å². The van der Waals surface area contributed by atoms with Crippen molar-refractivity contribution in [1.82, 2.24) is 9.97 Å². The van der Waals surface area contributed by atoms with Crippen molar-refractivity contribution in [1.29, 1.82) is 0 Å². The maximum atomic E-state index is 8.93. The van der Waals surface area contributed by atoms with Gasteiger partial charge in [0.1, 0.15) is 16.2 Å². The first-order chi connectivity index (χ1) is 7.43. The van der Waals surface area contributed by atoms with Crippen LogP contribution in [0, 0.1) is 12.3 Å². The quantitative estimate of drug-likeness (QED) is 0.817. The molecule has 1 aromatic rings. The minimum Gasteiger partial charge on any atom is -0.396 e. The van der Waals surface area contributed by atoms with Crippen LogP contribution >= 0.6 is 15.9 Å². The van der Waals surface area contributed by atoms with E-state index in [9.17, 15) is 0 Å². The third-order valence-electron chi connectivity index (χ3n) is 2.34. The maximum absolute atomic E-state index is 8.93. The van der Waals surface area contributed by atoms with E-state index in [4.69, 9.17) is 5.11 Å². The van der Waals surface area contributed by atoms with Gasteiger partial charge in [-0.3, -0.25) is 0 Å². The second-order valence-electron chi connectivity index (χ2n) is 4.61. The van der Waals surface area contributed by atoms with Gasteiger partial charge in [0, 0.05) is 19.2 Å². The number of rotatable bonds is 5. The van der Waals surface area contributed by atoms with Crippen molar-refractivity contribution < 1.29 is 5.11 Å². The number of aliphatic hydroxyl groups is 1. The molecule has 2 N–H and O–H groups in total. The van der Waals surface area contributed by atoms with Crippen molar-refractivity contribution in [3.63, 3.8) is 0 Å². The van der Waals surface area contributed by atoms with Gasteiger partial charge in [0.2, 0.25) is 0 Å². The summed E-state index contributed by atoms with van der Waals surface area (Å²) in [5.41, 5.74) is 0.0556. The van der Waals surface area contributed by atoms with Crippen molar-refractivity contribution in [3.8, 4) is 0 Å². The van der Waals surface area contributed by atoms with Crippen LogP contribution < -0.4 is 5.32 Å². The van der Waals surface area contributed by atoms with E-state index in [0.717, 1.165) is 29.2 Å². The zero-order valence-electron chi connectivity index (χ0n) is 9.92. The Hall–Kier alpha value is -0.680. The minimum atomic E-state index is 0.0556. The number of nitrogens with zero attached hydrogens (tertiary/aromatic N) is 2. The molecule has 0 aliphatic heterocycles. The second kappa shape index (κ2) is 5.59. The molecule has 0 aromatic carbocycles. The Morgan fingerprint density at radius 3 is 2.69 bits per heavy atom. The molecule has 0 aliphatic carbocycles. The van der Waals surface area contributed by atoms with Crippen LogP contribution in [0.25, 0.3) is 0 Å². The van der Waals surface area contributed by atoms with E-state index < -0.39 is 0 Å². The molecule has 1 heterocycles. The third-order valence-corrected chi connectivity index (χ3v) is 2.75. The van der Waals surface area contributed by atoms with E-state index in [1.165, 1.54) is 0 Å². The van der Waals surface area contributed by atoms with Gasteiger partial charge < -0.3 is 10.4 Å². The van der Waals surface area contributed by atoms with E-state index in [0.29, 0.717) is 0 Å². The average Bonchev–Trinajstić information content (AvgIpc) is 2.13. The molecular formula is C11H18BrN3O. The number of anilines is 1. The molecule has 0 unspecified atom stereocenters. The highest BCUT2D eigenvalue weighted by Gasteiger charge is 2.17. The van der Waals surface area contributed by atoms with Gasteiger partial charge in [-0.1, -0.05) is 13.8 Å². The fraction of sp³-hybridized carbons (Fsp3) is 0.636. The number of aromatic nitrogens is 2. The summed E-state index contributed by atoms with van der Waals surface area (Å²) in [6.07, 6.45) is 0.769. The number of nitrogens with one attached hydrogen (secondary N) is 1. The zero-order chi connectivity index (χ0) is 12.2. The van der Waals surface area contributed by atoms with Crippen LogP contribution in [0.15, 0.2) is 10.7 Å². The zero-order valence-corrected chi connectivity index (χ0v) is 11.5. The minimum absolute atomic E-state index is 0.0556. The van der Waals surface area contributed by atoms with Crippen LogP contribution in [-0.4, -0.2) is 28.2 Å². The lowest BCUT2D eigenvalue weighted by Crippen LogP contribution is -2.24. The van der Waals surface area contributed by atoms with E-state index in [-0.39, 0.29) is 12.0 Å². The fourth-order valence-corrected chi connectivity index (χ4v) is 1.82. The topological polar surface area (TPSA) is 58.0 Å². The van der Waals surface area contributed by atoms with Gasteiger partial charge in [0.15, 0.2) is 0 Å². The Balaban J connectivity index is 2.60. The largest absolute Gasteiger partial charge is 0.396 e. The van der Waals surface area contributed by atoms with Gasteiger partial charge in [-0.15, -0.1) is 0 Å². The van der Waals surface area contributed by atoms with Crippen molar-refractivity contribution in [2.45, 2.75) is 27.2 Å². The van der Waals surface area contributed by atoms with Gasteiger partial charge >= 0.3 is 0 Å². The summed E-state index contributed by atoms with van der Waals surface area (Å²) in [4.78, 5) is 8.42. The highest BCUT2D eigenvalue weighted by molar-refractivity contribution is 9.10. The molecule has 5 heteroatoms. The number of hydrogen-bond acceptors (Lipinski definition) is 4. The Bertz CT molecular complexity index is 335. The predicted octanol–water partition coefficient (Wildman–Crippen LogP) is 2.37. The first-order valence-corrected chi connectivity index (χ1v) is 6.08. The summed E-state index contributed by atoms with van der Waals surface area (Å²) >= 11 is 3.33. The van der Waals surface area contributed by atoms with E-state index in [2.05, 4.69) is 45.1 Å². The number of halogens is 1. The molecule has 0 spiro atoms. The molecule has 1 aromatic heterocycles. The summed E-state index contributed by atoms with van der Waals surface area (Å²) in [5.74, 6) is 1.54. The molecule has 0 radical (unpaired) electrons. The molecule has 0 amide bonds. The Labute approximate surface area is 105 Å². The number of aliphatic hydroxyl groups excluding tert-OH is 1. The third kappa shape index (κ3) is 4.45. The van der Waals surface area contributed by atoms with Gasteiger partial charge in [-0.05, 0) is 34.7 Å². The molecule has 0 atom stereocenters. The first-order valence-electron chi connectivity index (χ1n) is 5.29. The van der Waals surface area contributed by atoms with Crippen LogP contribution in [0.1, 0.15) is 26.1 Å². The van der Waals surface area contributed by atoms with E-state index in [1.807, 2.05) is 13.0 Å². The van der Waals surface area contributed by atoms with Crippen LogP contribution in [0.5, 0.6) is 0 Å². The lowest BCUT2D eigenvalue weighted by Gasteiger charge is -2.24. The van der Waals surface area contributed by atoms with Gasteiger partial charge in [-0.2, -0.15) is 0 Å². The van der Waals surface area contributed by atoms with E-state index in [1.54, 1.807) is 0 Å². The van der Waals surface area contributed by atoms with Crippen molar-refractivity contribution in [3.05, 3.63) is 16.5 Å². The SMILES string of the molecule is Cc1nc(Br)cc(NCC(C)(C)CCO)n1. The fourth-order valence-electron chi connectivity index (χ4n) is 1.34. The molecule has 0 saturated heterocycles. The molecule has 0 fully saturated rings. The molecule has 0 bridgehead atoms.